The van der Waals surface area contributed by atoms with Crippen LogP contribution in [-0.4, -0.2) is 17.0 Å². The molecule has 2 heteroatoms. The summed E-state index contributed by atoms with van der Waals surface area (Å²) in [5.41, 5.74) is -0.181. The third kappa shape index (κ3) is 1.37. The molecule has 1 aliphatic carbocycles. The van der Waals surface area contributed by atoms with Crippen LogP contribution in [0.25, 0.3) is 0 Å². The second-order valence-corrected chi connectivity index (χ2v) is 3.70. The van der Waals surface area contributed by atoms with Gasteiger partial charge >= 0.3 is 0 Å². The van der Waals surface area contributed by atoms with E-state index < -0.39 is 0 Å². The van der Waals surface area contributed by atoms with Crippen molar-refractivity contribution in [3.63, 3.8) is 0 Å². The highest BCUT2D eigenvalue weighted by molar-refractivity contribution is 5.85. The van der Waals surface area contributed by atoms with E-state index >= 15 is 0 Å². The summed E-state index contributed by atoms with van der Waals surface area (Å²) in [4.78, 5) is 11.2. The molecule has 0 aliphatic heterocycles. The molecule has 1 unspecified atom stereocenters. The Bertz CT molecular complexity index is 149. The number of carbonyl (C=O) groups excluding carboxylic acids is 1. The van der Waals surface area contributed by atoms with Crippen LogP contribution in [0.2, 0.25) is 0 Å². The normalized spacial score (nSPS) is 32.3. The molecule has 1 fully saturated rings. The average Bonchev–Trinajstić information content (AvgIpc) is 1.81. The molecule has 1 N–H and O–H groups in total. The smallest absolute Gasteiger partial charge is 0.141 e. The van der Waals surface area contributed by atoms with Gasteiger partial charge < -0.3 is 5.11 Å². The van der Waals surface area contributed by atoms with Gasteiger partial charge in [-0.15, -0.1) is 0 Å². The van der Waals surface area contributed by atoms with E-state index in [0.29, 0.717) is 6.42 Å². The number of Topliss-reactive ketones (excluding diaryl/α,β-unsaturated/α-hetero) is 1. The summed E-state index contributed by atoms with van der Waals surface area (Å²) >= 11 is 0. The van der Waals surface area contributed by atoms with Crippen LogP contribution < -0.4 is 0 Å². The van der Waals surface area contributed by atoms with Crippen LogP contribution in [0.1, 0.15) is 33.1 Å². The lowest BCUT2D eigenvalue weighted by Crippen LogP contribution is -2.34. The van der Waals surface area contributed by atoms with Crippen molar-refractivity contribution in [2.75, 3.05) is 0 Å². The first kappa shape index (κ1) is 7.73. The molecule has 0 aromatic rings. The Kier molecular flexibility index (Phi) is 1.82. The minimum Gasteiger partial charge on any atom is -0.393 e. The van der Waals surface area contributed by atoms with Gasteiger partial charge in [0.25, 0.3) is 0 Å². The van der Waals surface area contributed by atoms with Gasteiger partial charge in [0.05, 0.1) is 6.10 Å². The summed E-state index contributed by atoms with van der Waals surface area (Å²) < 4.78 is 0. The summed E-state index contributed by atoms with van der Waals surface area (Å²) in [7, 11) is 0. The molecule has 0 aromatic heterocycles. The van der Waals surface area contributed by atoms with Gasteiger partial charge in [-0.25, -0.2) is 0 Å². The average molecular weight is 142 g/mol. The molecule has 1 atom stereocenters. The fraction of sp³-hybridized carbons (Fsp3) is 0.875. The molecule has 1 rings (SSSR count). The minimum atomic E-state index is -0.375. The van der Waals surface area contributed by atoms with E-state index in [1.165, 1.54) is 0 Å². The lowest BCUT2D eigenvalue weighted by molar-refractivity contribution is -0.132. The summed E-state index contributed by atoms with van der Waals surface area (Å²) in [6, 6.07) is 0. The molecule has 0 saturated heterocycles. The van der Waals surface area contributed by atoms with Crippen molar-refractivity contribution in [2.24, 2.45) is 5.41 Å². The zero-order chi connectivity index (χ0) is 7.78. The SMILES string of the molecule is CC1(C)CCC(O)CC1=O. The van der Waals surface area contributed by atoms with Crippen molar-refractivity contribution < 1.29 is 9.90 Å². The van der Waals surface area contributed by atoms with Gasteiger partial charge in [-0.2, -0.15) is 0 Å². The zero-order valence-corrected chi connectivity index (χ0v) is 6.55. The monoisotopic (exact) mass is 142 g/mol. The lowest BCUT2D eigenvalue weighted by Gasteiger charge is -2.30. The predicted molar refractivity (Wildman–Crippen MR) is 38.6 cm³/mol. The number of ketones is 1. The van der Waals surface area contributed by atoms with Crippen molar-refractivity contribution >= 4 is 5.78 Å². The largest absolute Gasteiger partial charge is 0.393 e. The molecular formula is C8H14O2. The zero-order valence-electron chi connectivity index (χ0n) is 6.55. The number of aliphatic hydroxyl groups is 1. The van der Waals surface area contributed by atoms with Gasteiger partial charge in [0, 0.05) is 11.8 Å². The molecule has 1 aliphatic rings. The Morgan fingerprint density at radius 2 is 2.20 bits per heavy atom. The maximum atomic E-state index is 11.2. The quantitative estimate of drug-likeness (QED) is 0.550. The minimum absolute atomic E-state index is 0.181. The van der Waals surface area contributed by atoms with Crippen molar-refractivity contribution in [3.8, 4) is 0 Å². The molecule has 1 saturated carbocycles. The molecule has 10 heavy (non-hydrogen) atoms. The van der Waals surface area contributed by atoms with E-state index in [-0.39, 0.29) is 17.3 Å². The van der Waals surface area contributed by atoms with E-state index in [0.717, 1.165) is 12.8 Å². The van der Waals surface area contributed by atoms with Crippen molar-refractivity contribution in [2.45, 2.75) is 39.2 Å². The third-order valence-corrected chi connectivity index (χ3v) is 2.28. The Morgan fingerprint density at radius 1 is 1.60 bits per heavy atom. The van der Waals surface area contributed by atoms with E-state index in [1.807, 2.05) is 13.8 Å². The Balaban J connectivity index is 2.61. The second kappa shape index (κ2) is 2.35. The first-order valence-electron chi connectivity index (χ1n) is 3.74. The maximum absolute atomic E-state index is 11.2. The fourth-order valence-electron chi connectivity index (χ4n) is 1.26. The first-order valence-corrected chi connectivity index (χ1v) is 3.74. The number of rotatable bonds is 0. The van der Waals surface area contributed by atoms with Crippen LogP contribution in [0.5, 0.6) is 0 Å². The highest BCUT2D eigenvalue weighted by atomic mass is 16.3. The second-order valence-electron chi connectivity index (χ2n) is 3.70. The number of hydrogen-bond acceptors (Lipinski definition) is 2. The molecule has 0 spiro atoms. The van der Waals surface area contributed by atoms with Gasteiger partial charge in [-0.05, 0) is 12.8 Å². The number of carbonyl (C=O) groups is 1. The highest BCUT2D eigenvalue weighted by Crippen LogP contribution is 2.31. The van der Waals surface area contributed by atoms with Crippen LogP contribution in [0.3, 0.4) is 0 Å². The molecule has 0 aromatic carbocycles. The Morgan fingerprint density at radius 3 is 2.60 bits per heavy atom. The lowest BCUT2D eigenvalue weighted by atomic mass is 9.75. The van der Waals surface area contributed by atoms with E-state index in [2.05, 4.69) is 0 Å². The van der Waals surface area contributed by atoms with Gasteiger partial charge in [0.15, 0.2) is 0 Å². The van der Waals surface area contributed by atoms with Gasteiger partial charge in [-0.1, -0.05) is 13.8 Å². The number of hydrogen-bond donors (Lipinski definition) is 1. The molecular weight excluding hydrogens is 128 g/mol. The molecule has 0 radical (unpaired) electrons. The Labute approximate surface area is 61.2 Å². The van der Waals surface area contributed by atoms with Gasteiger partial charge in [-0.3, -0.25) is 4.79 Å². The molecule has 0 amide bonds. The van der Waals surface area contributed by atoms with Crippen LogP contribution in [0.15, 0.2) is 0 Å². The molecule has 0 bridgehead atoms. The highest BCUT2D eigenvalue weighted by Gasteiger charge is 2.33. The van der Waals surface area contributed by atoms with E-state index in [1.54, 1.807) is 0 Å². The summed E-state index contributed by atoms with van der Waals surface area (Å²) in [5, 5.41) is 9.09. The topological polar surface area (TPSA) is 37.3 Å². The van der Waals surface area contributed by atoms with E-state index in [9.17, 15) is 4.79 Å². The standard InChI is InChI=1S/C8H14O2/c1-8(2)4-3-6(9)5-7(8)10/h6,9H,3-5H2,1-2H3. The van der Waals surface area contributed by atoms with E-state index in [4.69, 9.17) is 5.11 Å². The molecule has 58 valence electrons. The summed E-state index contributed by atoms with van der Waals surface area (Å²) in [5.74, 6) is 0.200. The molecule has 2 nitrogen and oxygen atoms in total. The predicted octanol–water partition coefficient (Wildman–Crippen LogP) is 1.13. The van der Waals surface area contributed by atoms with Crippen LogP contribution in [-0.2, 0) is 4.79 Å². The first-order chi connectivity index (χ1) is 4.52. The third-order valence-electron chi connectivity index (χ3n) is 2.28. The maximum Gasteiger partial charge on any atom is 0.141 e. The fourth-order valence-corrected chi connectivity index (χ4v) is 1.26. The van der Waals surface area contributed by atoms with Gasteiger partial charge in [0.1, 0.15) is 5.78 Å². The van der Waals surface area contributed by atoms with Crippen LogP contribution >= 0.6 is 0 Å². The molecule has 0 heterocycles. The van der Waals surface area contributed by atoms with Crippen molar-refractivity contribution in [1.29, 1.82) is 0 Å². The Hall–Kier alpha value is -0.370. The summed E-state index contributed by atoms with van der Waals surface area (Å²) in [6.45, 7) is 3.89. The van der Waals surface area contributed by atoms with Crippen molar-refractivity contribution in [3.05, 3.63) is 0 Å². The van der Waals surface area contributed by atoms with Crippen molar-refractivity contribution in [1.82, 2.24) is 0 Å². The summed E-state index contributed by atoms with van der Waals surface area (Å²) in [6.07, 6.45) is 1.58. The number of aliphatic hydroxyl groups excluding tert-OH is 1. The van der Waals surface area contributed by atoms with Gasteiger partial charge in [0.2, 0.25) is 0 Å². The van der Waals surface area contributed by atoms with Crippen LogP contribution in [0.4, 0.5) is 0 Å². The van der Waals surface area contributed by atoms with Crippen LogP contribution in [0, 0.1) is 5.41 Å².